The normalized spacial score (nSPS) is 17.0. The molecule has 7 nitrogen and oxygen atoms in total. The van der Waals surface area contributed by atoms with Gasteiger partial charge in [0, 0.05) is 20.1 Å². The van der Waals surface area contributed by atoms with Crippen molar-refractivity contribution in [2.24, 2.45) is 0 Å². The van der Waals surface area contributed by atoms with Crippen molar-refractivity contribution < 1.29 is 14.4 Å². The number of urea groups is 1. The van der Waals surface area contributed by atoms with Gasteiger partial charge in [0.25, 0.3) is 0 Å². The molecule has 1 rings (SSSR count). The molecule has 126 valence electrons. The Hall–Kier alpha value is -1.63. The first-order valence-corrected chi connectivity index (χ1v) is 7.83. The second kappa shape index (κ2) is 8.73. The Morgan fingerprint density at radius 3 is 2.23 bits per heavy atom. The quantitative estimate of drug-likeness (QED) is 0.777. The molecule has 1 saturated carbocycles. The van der Waals surface area contributed by atoms with E-state index in [0.717, 1.165) is 25.7 Å². The Kier molecular flexibility index (Phi) is 7.31. The van der Waals surface area contributed by atoms with Gasteiger partial charge < -0.3 is 10.2 Å². The third-order valence-electron chi connectivity index (χ3n) is 4.10. The first kappa shape index (κ1) is 18.4. The predicted molar refractivity (Wildman–Crippen MR) is 84.3 cm³/mol. The van der Waals surface area contributed by atoms with Crippen LogP contribution in [0, 0.1) is 0 Å². The van der Waals surface area contributed by atoms with Crippen LogP contribution in [0.2, 0.25) is 0 Å². The third-order valence-corrected chi connectivity index (χ3v) is 4.10. The van der Waals surface area contributed by atoms with E-state index in [2.05, 4.69) is 10.6 Å². The van der Waals surface area contributed by atoms with Crippen LogP contribution in [0.4, 0.5) is 4.79 Å². The number of carbonyl (C=O) groups is 3. The standard InChI is InChI=1S/C15H28N4O3/c1-11(19(4)10-13(20)18(2)3)14(21)17-15(22)16-12-8-6-5-7-9-12/h11-12H,5-10H2,1-4H3,(H2,16,17,21,22)/t11-/m1/s1. The summed E-state index contributed by atoms with van der Waals surface area (Å²) in [4.78, 5) is 38.6. The van der Waals surface area contributed by atoms with E-state index in [4.69, 9.17) is 0 Å². The molecule has 7 heteroatoms. The van der Waals surface area contributed by atoms with Gasteiger partial charge >= 0.3 is 6.03 Å². The molecular weight excluding hydrogens is 284 g/mol. The number of imide groups is 1. The lowest BCUT2D eigenvalue weighted by Crippen LogP contribution is -2.52. The van der Waals surface area contributed by atoms with Gasteiger partial charge in [-0.2, -0.15) is 0 Å². The Morgan fingerprint density at radius 1 is 1.09 bits per heavy atom. The molecule has 0 saturated heterocycles. The van der Waals surface area contributed by atoms with Gasteiger partial charge in [0.1, 0.15) is 0 Å². The molecule has 0 unspecified atom stereocenters. The second-order valence-electron chi connectivity index (χ2n) is 6.18. The van der Waals surface area contributed by atoms with Crippen molar-refractivity contribution in [3.63, 3.8) is 0 Å². The molecule has 0 aliphatic heterocycles. The SMILES string of the molecule is C[C@H](C(=O)NC(=O)NC1CCCCC1)N(C)CC(=O)N(C)C. The van der Waals surface area contributed by atoms with E-state index >= 15 is 0 Å². The highest BCUT2D eigenvalue weighted by Crippen LogP contribution is 2.17. The van der Waals surface area contributed by atoms with Crippen LogP contribution in [0.15, 0.2) is 0 Å². The third kappa shape index (κ3) is 6.01. The van der Waals surface area contributed by atoms with E-state index in [0.29, 0.717) is 0 Å². The topological polar surface area (TPSA) is 81.8 Å². The van der Waals surface area contributed by atoms with Gasteiger partial charge in [-0.15, -0.1) is 0 Å². The number of hydrogen-bond donors (Lipinski definition) is 2. The highest BCUT2D eigenvalue weighted by molar-refractivity contribution is 5.97. The van der Waals surface area contributed by atoms with Crippen LogP contribution in [0.1, 0.15) is 39.0 Å². The maximum Gasteiger partial charge on any atom is 0.321 e. The maximum atomic E-state index is 12.0. The number of likely N-dealkylation sites (N-methyl/N-ethyl adjacent to an activating group) is 2. The van der Waals surface area contributed by atoms with Gasteiger partial charge in [-0.1, -0.05) is 19.3 Å². The molecule has 0 heterocycles. The molecule has 22 heavy (non-hydrogen) atoms. The summed E-state index contributed by atoms with van der Waals surface area (Å²) in [7, 11) is 5.02. The van der Waals surface area contributed by atoms with Crippen LogP contribution in [0.3, 0.4) is 0 Å². The Balaban J connectivity index is 2.38. The maximum absolute atomic E-state index is 12.0. The zero-order valence-corrected chi connectivity index (χ0v) is 14.0. The van der Waals surface area contributed by atoms with Crippen molar-refractivity contribution in [1.82, 2.24) is 20.4 Å². The summed E-state index contributed by atoms with van der Waals surface area (Å²) in [6, 6.07) is -0.845. The van der Waals surface area contributed by atoms with Crippen molar-refractivity contribution in [2.75, 3.05) is 27.7 Å². The van der Waals surface area contributed by atoms with Gasteiger partial charge in [-0.25, -0.2) is 4.79 Å². The van der Waals surface area contributed by atoms with Crippen molar-refractivity contribution in [1.29, 1.82) is 0 Å². The molecule has 0 aromatic rings. The minimum absolute atomic E-state index is 0.0891. The molecule has 0 aromatic carbocycles. The van der Waals surface area contributed by atoms with Gasteiger partial charge in [0.15, 0.2) is 0 Å². The van der Waals surface area contributed by atoms with E-state index in [1.165, 1.54) is 11.3 Å². The fraction of sp³-hybridized carbons (Fsp3) is 0.800. The summed E-state index contributed by atoms with van der Waals surface area (Å²) in [6.45, 7) is 1.80. The van der Waals surface area contributed by atoms with Crippen molar-refractivity contribution in [3.8, 4) is 0 Å². The van der Waals surface area contributed by atoms with Crippen LogP contribution >= 0.6 is 0 Å². The predicted octanol–water partition coefficient (Wildman–Crippen LogP) is 0.553. The molecule has 0 spiro atoms. The zero-order valence-electron chi connectivity index (χ0n) is 14.0. The van der Waals surface area contributed by atoms with Crippen LogP contribution in [-0.4, -0.2) is 67.4 Å². The molecule has 1 fully saturated rings. The summed E-state index contributed by atoms with van der Waals surface area (Å²) in [5, 5.41) is 5.19. The molecule has 1 aliphatic carbocycles. The van der Waals surface area contributed by atoms with E-state index in [1.54, 1.807) is 33.0 Å². The highest BCUT2D eigenvalue weighted by atomic mass is 16.2. The van der Waals surface area contributed by atoms with Crippen molar-refractivity contribution >= 4 is 17.8 Å². The molecular formula is C15H28N4O3. The molecule has 4 amide bonds. The smallest absolute Gasteiger partial charge is 0.321 e. The van der Waals surface area contributed by atoms with Gasteiger partial charge in [-0.3, -0.25) is 19.8 Å². The first-order chi connectivity index (χ1) is 10.3. The summed E-state index contributed by atoms with van der Waals surface area (Å²) < 4.78 is 0. The number of amides is 4. The van der Waals surface area contributed by atoms with Crippen LogP contribution in [-0.2, 0) is 9.59 Å². The summed E-state index contributed by atoms with van der Waals surface area (Å²) >= 11 is 0. The van der Waals surface area contributed by atoms with E-state index in [9.17, 15) is 14.4 Å². The van der Waals surface area contributed by atoms with E-state index in [-0.39, 0.29) is 18.5 Å². The summed E-state index contributed by atoms with van der Waals surface area (Å²) in [5.41, 5.74) is 0. The minimum atomic E-state index is -0.555. The van der Waals surface area contributed by atoms with E-state index in [1.807, 2.05) is 0 Å². The number of nitrogens with one attached hydrogen (secondary N) is 2. The molecule has 0 aromatic heterocycles. The van der Waals surface area contributed by atoms with Crippen LogP contribution in [0.5, 0.6) is 0 Å². The largest absolute Gasteiger partial charge is 0.348 e. The molecule has 0 radical (unpaired) electrons. The number of carbonyl (C=O) groups excluding carboxylic acids is 3. The average Bonchev–Trinajstić information content (AvgIpc) is 2.46. The molecule has 1 atom stereocenters. The average molecular weight is 312 g/mol. The Morgan fingerprint density at radius 2 is 1.68 bits per heavy atom. The fourth-order valence-electron chi connectivity index (χ4n) is 2.38. The lowest BCUT2D eigenvalue weighted by Gasteiger charge is -2.26. The second-order valence-corrected chi connectivity index (χ2v) is 6.18. The zero-order chi connectivity index (χ0) is 16.7. The number of rotatable bonds is 5. The summed E-state index contributed by atoms with van der Waals surface area (Å²) in [6.07, 6.45) is 5.37. The van der Waals surface area contributed by atoms with Crippen LogP contribution < -0.4 is 10.6 Å². The number of nitrogens with zero attached hydrogens (tertiary/aromatic N) is 2. The Labute approximate surface area is 132 Å². The summed E-state index contributed by atoms with van der Waals surface area (Å²) in [5.74, 6) is -0.490. The van der Waals surface area contributed by atoms with Gasteiger partial charge in [0.2, 0.25) is 11.8 Å². The molecule has 0 bridgehead atoms. The number of hydrogen-bond acceptors (Lipinski definition) is 4. The monoisotopic (exact) mass is 312 g/mol. The van der Waals surface area contributed by atoms with Gasteiger partial charge in [0.05, 0.1) is 12.6 Å². The lowest BCUT2D eigenvalue weighted by atomic mass is 9.96. The lowest BCUT2D eigenvalue weighted by molar-refractivity contribution is -0.131. The van der Waals surface area contributed by atoms with E-state index < -0.39 is 18.0 Å². The molecule has 2 N–H and O–H groups in total. The first-order valence-electron chi connectivity index (χ1n) is 7.83. The Bertz CT molecular complexity index is 406. The molecule has 1 aliphatic rings. The van der Waals surface area contributed by atoms with Gasteiger partial charge in [-0.05, 0) is 26.8 Å². The highest BCUT2D eigenvalue weighted by Gasteiger charge is 2.23. The van der Waals surface area contributed by atoms with Crippen molar-refractivity contribution in [2.45, 2.75) is 51.1 Å². The minimum Gasteiger partial charge on any atom is -0.348 e. The van der Waals surface area contributed by atoms with Crippen molar-refractivity contribution in [3.05, 3.63) is 0 Å². The fourth-order valence-corrected chi connectivity index (χ4v) is 2.38. The van der Waals surface area contributed by atoms with Crippen LogP contribution in [0.25, 0.3) is 0 Å².